The third-order valence-electron chi connectivity index (χ3n) is 4.14. The predicted octanol–water partition coefficient (Wildman–Crippen LogP) is 2.04. The van der Waals surface area contributed by atoms with Gasteiger partial charge in [-0.3, -0.25) is 0 Å². The molecule has 1 aliphatic rings. The van der Waals surface area contributed by atoms with E-state index in [1.807, 2.05) is 6.07 Å². The van der Waals surface area contributed by atoms with E-state index >= 15 is 0 Å². The largest absolute Gasteiger partial charge is 0.357 e. The van der Waals surface area contributed by atoms with Crippen molar-refractivity contribution >= 4 is 15.8 Å². The van der Waals surface area contributed by atoms with Gasteiger partial charge in [0.25, 0.3) is 0 Å². The molecule has 1 saturated heterocycles. The number of halogens is 1. The Morgan fingerprint density at radius 2 is 1.84 bits per heavy atom. The van der Waals surface area contributed by atoms with Crippen molar-refractivity contribution < 1.29 is 12.8 Å². The van der Waals surface area contributed by atoms with E-state index in [0.29, 0.717) is 31.5 Å². The van der Waals surface area contributed by atoms with E-state index in [1.165, 1.54) is 18.3 Å². The van der Waals surface area contributed by atoms with Gasteiger partial charge in [0.1, 0.15) is 17.7 Å². The smallest absolute Gasteiger partial charge is 0.240 e. The summed E-state index contributed by atoms with van der Waals surface area (Å²) in [6.07, 6.45) is 2.81. The van der Waals surface area contributed by atoms with E-state index in [0.717, 1.165) is 18.0 Å². The zero-order valence-corrected chi connectivity index (χ0v) is 14.2. The summed E-state index contributed by atoms with van der Waals surface area (Å²) in [6.45, 7) is 1.32. The van der Waals surface area contributed by atoms with Crippen LogP contribution < -0.4 is 9.62 Å². The van der Waals surface area contributed by atoms with Gasteiger partial charge in [0.2, 0.25) is 10.0 Å². The lowest BCUT2D eigenvalue weighted by Crippen LogP contribution is -2.44. The van der Waals surface area contributed by atoms with Gasteiger partial charge in [-0.05, 0) is 49.2 Å². The van der Waals surface area contributed by atoms with Crippen molar-refractivity contribution in [2.75, 3.05) is 18.0 Å². The molecule has 0 amide bonds. The second-order valence-corrected chi connectivity index (χ2v) is 7.57. The van der Waals surface area contributed by atoms with E-state index in [-0.39, 0.29) is 10.9 Å². The molecular weight excluding hydrogens is 343 g/mol. The summed E-state index contributed by atoms with van der Waals surface area (Å²) in [5, 5.41) is 8.80. The van der Waals surface area contributed by atoms with Crippen molar-refractivity contribution in [3.63, 3.8) is 0 Å². The summed E-state index contributed by atoms with van der Waals surface area (Å²) in [5.41, 5.74) is 0.505. The third-order valence-corrected chi connectivity index (χ3v) is 5.68. The first-order valence-electron chi connectivity index (χ1n) is 7.87. The van der Waals surface area contributed by atoms with Crippen LogP contribution in [-0.4, -0.2) is 32.5 Å². The molecule has 130 valence electrons. The van der Waals surface area contributed by atoms with Gasteiger partial charge in [-0.15, -0.1) is 0 Å². The maximum Gasteiger partial charge on any atom is 0.240 e. The molecule has 8 heteroatoms. The second-order valence-electron chi connectivity index (χ2n) is 5.85. The van der Waals surface area contributed by atoms with Crippen LogP contribution in [0.1, 0.15) is 18.4 Å². The van der Waals surface area contributed by atoms with Crippen LogP contribution >= 0.6 is 0 Å². The molecule has 2 aromatic rings. The van der Waals surface area contributed by atoms with Gasteiger partial charge in [0, 0.05) is 25.3 Å². The number of nitrogens with zero attached hydrogens (tertiary/aromatic N) is 3. The maximum atomic E-state index is 12.9. The molecule has 0 atom stereocenters. The molecule has 1 aliphatic heterocycles. The SMILES string of the molecule is N#Cc1ccc(N2CCC(NS(=O)(=O)c3ccc(F)cc3)CC2)nc1. The summed E-state index contributed by atoms with van der Waals surface area (Å²) < 4.78 is 40.3. The van der Waals surface area contributed by atoms with Gasteiger partial charge in [0.05, 0.1) is 10.5 Å². The molecule has 0 bridgehead atoms. The lowest BCUT2D eigenvalue weighted by Gasteiger charge is -2.33. The summed E-state index contributed by atoms with van der Waals surface area (Å²) in [6, 6.07) is 10.1. The fraction of sp³-hybridized carbons (Fsp3) is 0.294. The van der Waals surface area contributed by atoms with Crippen molar-refractivity contribution in [3.8, 4) is 6.07 Å². The number of piperidine rings is 1. The number of anilines is 1. The first-order chi connectivity index (χ1) is 12.0. The second kappa shape index (κ2) is 7.17. The highest BCUT2D eigenvalue weighted by atomic mass is 32.2. The van der Waals surface area contributed by atoms with Crippen molar-refractivity contribution in [1.82, 2.24) is 9.71 Å². The topological polar surface area (TPSA) is 86.1 Å². The highest BCUT2D eigenvalue weighted by molar-refractivity contribution is 7.89. The van der Waals surface area contributed by atoms with Crippen LogP contribution in [-0.2, 0) is 10.0 Å². The first kappa shape index (κ1) is 17.3. The first-order valence-corrected chi connectivity index (χ1v) is 9.35. The van der Waals surface area contributed by atoms with Crippen molar-refractivity contribution in [2.24, 2.45) is 0 Å². The fourth-order valence-corrected chi connectivity index (χ4v) is 4.07. The monoisotopic (exact) mass is 360 g/mol. The minimum atomic E-state index is -3.65. The van der Waals surface area contributed by atoms with E-state index in [1.54, 1.807) is 12.1 Å². The van der Waals surface area contributed by atoms with Crippen molar-refractivity contribution in [3.05, 3.63) is 54.0 Å². The molecule has 1 fully saturated rings. The Kier molecular flexibility index (Phi) is 4.97. The fourth-order valence-electron chi connectivity index (χ4n) is 2.77. The molecule has 0 aliphatic carbocycles. The van der Waals surface area contributed by atoms with Crippen LogP contribution in [0.15, 0.2) is 47.5 Å². The van der Waals surface area contributed by atoms with Gasteiger partial charge < -0.3 is 4.90 Å². The zero-order valence-electron chi connectivity index (χ0n) is 13.4. The lowest BCUT2D eigenvalue weighted by molar-refractivity contribution is 0.458. The number of nitriles is 1. The van der Waals surface area contributed by atoms with Crippen molar-refractivity contribution in [2.45, 2.75) is 23.8 Å². The van der Waals surface area contributed by atoms with Crippen LogP contribution in [0.4, 0.5) is 10.2 Å². The molecule has 3 rings (SSSR count). The number of sulfonamides is 1. The number of aromatic nitrogens is 1. The van der Waals surface area contributed by atoms with Crippen molar-refractivity contribution in [1.29, 1.82) is 5.26 Å². The molecule has 1 N–H and O–H groups in total. The normalized spacial score (nSPS) is 15.8. The Morgan fingerprint density at radius 1 is 1.16 bits per heavy atom. The lowest BCUT2D eigenvalue weighted by atomic mass is 10.1. The van der Waals surface area contributed by atoms with Crippen LogP contribution in [0.5, 0.6) is 0 Å². The molecule has 6 nitrogen and oxygen atoms in total. The number of pyridine rings is 1. The zero-order chi connectivity index (χ0) is 17.9. The van der Waals surface area contributed by atoms with Gasteiger partial charge in [-0.25, -0.2) is 22.5 Å². The Hall–Kier alpha value is -2.50. The highest BCUT2D eigenvalue weighted by Crippen LogP contribution is 2.20. The Bertz CT molecular complexity index is 868. The van der Waals surface area contributed by atoms with Gasteiger partial charge >= 0.3 is 0 Å². The van der Waals surface area contributed by atoms with Gasteiger partial charge in [-0.1, -0.05) is 0 Å². The average Bonchev–Trinajstić information content (AvgIpc) is 2.62. The van der Waals surface area contributed by atoms with E-state index in [4.69, 9.17) is 5.26 Å². The molecule has 0 saturated carbocycles. The minimum absolute atomic E-state index is 0.0603. The maximum absolute atomic E-state index is 12.9. The summed E-state index contributed by atoms with van der Waals surface area (Å²) in [4.78, 5) is 6.38. The number of benzene rings is 1. The standard InChI is InChI=1S/C17H17FN4O2S/c18-14-2-4-16(5-3-14)25(23,24)21-15-7-9-22(10-8-15)17-6-1-13(11-19)12-20-17/h1-6,12,15,21H,7-10H2. The summed E-state index contributed by atoms with van der Waals surface area (Å²) >= 11 is 0. The Balaban J connectivity index is 1.60. The average molecular weight is 360 g/mol. The molecule has 0 radical (unpaired) electrons. The van der Waals surface area contributed by atoms with E-state index in [2.05, 4.69) is 14.6 Å². The van der Waals surface area contributed by atoms with Gasteiger partial charge in [-0.2, -0.15) is 5.26 Å². The molecular formula is C17H17FN4O2S. The van der Waals surface area contributed by atoms with Gasteiger partial charge in [0.15, 0.2) is 0 Å². The summed E-state index contributed by atoms with van der Waals surface area (Å²) in [5.74, 6) is 0.306. The number of nitrogens with one attached hydrogen (secondary N) is 1. The Labute approximate surface area is 146 Å². The summed E-state index contributed by atoms with van der Waals surface area (Å²) in [7, 11) is -3.65. The van der Waals surface area contributed by atoms with Crippen LogP contribution in [0, 0.1) is 17.1 Å². The number of hydrogen-bond acceptors (Lipinski definition) is 5. The molecule has 1 aromatic heterocycles. The molecule has 2 heterocycles. The molecule has 0 unspecified atom stereocenters. The molecule has 25 heavy (non-hydrogen) atoms. The van der Waals surface area contributed by atoms with Crippen LogP contribution in [0.2, 0.25) is 0 Å². The number of hydrogen-bond donors (Lipinski definition) is 1. The van der Waals surface area contributed by atoms with Crippen LogP contribution in [0.25, 0.3) is 0 Å². The minimum Gasteiger partial charge on any atom is -0.357 e. The Morgan fingerprint density at radius 3 is 2.40 bits per heavy atom. The van der Waals surface area contributed by atoms with E-state index < -0.39 is 15.8 Å². The van der Waals surface area contributed by atoms with E-state index in [9.17, 15) is 12.8 Å². The van der Waals surface area contributed by atoms with Crippen LogP contribution in [0.3, 0.4) is 0 Å². The third kappa shape index (κ3) is 4.13. The molecule has 1 aromatic carbocycles. The molecule has 0 spiro atoms. The highest BCUT2D eigenvalue weighted by Gasteiger charge is 2.25. The number of rotatable bonds is 4. The quantitative estimate of drug-likeness (QED) is 0.902. The predicted molar refractivity (Wildman–Crippen MR) is 90.9 cm³/mol.